The van der Waals surface area contributed by atoms with Crippen LogP contribution in [0.25, 0.3) is 0 Å². The first-order valence-electron chi connectivity index (χ1n) is 7.52. The van der Waals surface area contributed by atoms with Crippen LogP contribution >= 0.6 is 11.3 Å². The van der Waals surface area contributed by atoms with Crippen LogP contribution in [0.4, 0.5) is 0 Å². The molecule has 2 N–H and O–H groups in total. The van der Waals surface area contributed by atoms with Crippen LogP contribution < -0.4 is 5.32 Å². The molecule has 0 bridgehead atoms. The Morgan fingerprint density at radius 1 is 1.52 bits per heavy atom. The molecule has 120 valence electrons. The predicted octanol–water partition coefficient (Wildman–Crippen LogP) is 1.83. The van der Waals surface area contributed by atoms with Crippen molar-refractivity contribution in [2.24, 2.45) is 0 Å². The zero-order valence-electron chi connectivity index (χ0n) is 13.1. The summed E-state index contributed by atoms with van der Waals surface area (Å²) in [6.45, 7) is 8.53. The van der Waals surface area contributed by atoms with E-state index >= 15 is 0 Å². The van der Waals surface area contributed by atoms with E-state index in [0.29, 0.717) is 13.2 Å². The highest BCUT2D eigenvalue weighted by Gasteiger charge is 2.24. The first-order chi connectivity index (χ1) is 9.97. The van der Waals surface area contributed by atoms with Crippen molar-refractivity contribution < 1.29 is 14.6 Å². The van der Waals surface area contributed by atoms with E-state index in [1.54, 1.807) is 11.3 Å². The van der Waals surface area contributed by atoms with Gasteiger partial charge in [0.25, 0.3) is 0 Å². The fraction of sp³-hybridized carbons (Fsp3) is 0.800. The number of hydrogen-bond donors (Lipinski definition) is 2. The third-order valence-electron chi connectivity index (χ3n) is 3.63. The number of aromatic nitrogens is 1. The molecule has 0 aromatic carbocycles. The van der Waals surface area contributed by atoms with Crippen molar-refractivity contribution in [3.63, 3.8) is 0 Å². The largest absolute Gasteiger partial charge is 0.389 e. The van der Waals surface area contributed by atoms with E-state index < -0.39 is 6.10 Å². The average molecular weight is 314 g/mol. The molecular formula is C15H26N2O3S. The summed E-state index contributed by atoms with van der Waals surface area (Å²) < 4.78 is 11.0. The van der Waals surface area contributed by atoms with Gasteiger partial charge in [0, 0.05) is 30.8 Å². The Hall–Kier alpha value is -0.530. The summed E-state index contributed by atoms with van der Waals surface area (Å²) in [5.74, 6) is 0. The molecule has 0 spiro atoms. The number of aliphatic hydroxyl groups excluding tert-OH is 1. The number of hydrogen-bond acceptors (Lipinski definition) is 6. The van der Waals surface area contributed by atoms with Gasteiger partial charge in [-0.3, -0.25) is 0 Å². The van der Waals surface area contributed by atoms with Crippen molar-refractivity contribution in [1.29, 1.82) is 0 Å². The van der Waals surface area contributed by atoms with Crippen LogP contribution in [-0.2, 0) is 15.0 Å². The van der Waals surface area contributed by atoms with Crippen molar-refractivity contribution in [1.82, 2.24) is 10.3 Å². The number of aryl methyl sites for hydroxylation is 1. The van der Waals surface area contributed by atoms with Gasteiger partial charge < -0.3 is 19.9 Å². The van der Waals surface area contributed by atoms with Crippen LogP contribution in [0.15, 0.2) is 5.38 Å². The van der Waals surface area contributed by atoms with Gasteiger partial charge in [0.15, 0.2) is 0 Å². The molecule has 5 nitrogen and oxygen atoms in total. The highest BCUT2D eigenvalue weighted by molar-refractivity contribution is 7.09. The van der Waals surface area contributed by atoms with E-state index in [1.165, 1.54) is 0 Å². The second-order valence-electron chi connectivity index (χ2n) is 6.10. The fourth-order valence-corrected chi connectivity index (χ4v) is 3.14. The first-order valence-corrected chi connectivity index (χ1v) is 8.40. The van der Waals surface area contributed by atoms with Gasteiger partial charge in [-0.15, -0.1) is 11.3 Å². The average Bonchev–Trinajstić information content (AvgIpc) is 2.92. The lowest BCUT2D eigenvalue weighted by atomic mass is 10.1. The summed E-state index contributed by atoms with van der Waals surface area (Å²) in [6.07, 6.45) is 1.56. The molecule has 1 aliphatic rings. The first kappa shape index (κ1) is 16.8. The van der Waals surface area contributed by atoms with Gasteiger partial charge in [0.1, 0.15) is 5.01 Å². The Morgan fingerprint density at radius 3 is 2.86 bits per heavy atom. The number of nitrogens with one attached hydrogen (secondary N) is 1. The van der Waals surface area contributed by atoms with Gasteiger partial charge in [-0.05, 0) is 33.6 Å². The van der Waals surface area contributed by atoms with Gasteiger partial charge in [-0.25, -0.2) is 4.98 Å². The maximum atomic E-state index is 10.1. The Morgan fingerprint density at radius 2 is 2.24 bits per heavy atom. The lowest BCUT2D eigenvalue weighted by molar-refractivity contribution is -0.0593. The van der Waals surface area contributed by atoms with Gasteiger partial charge in [0.2, 0.25) is 0 Å². The quantitative estimate of drug-likeness (QED) is 0.804. The standard InChI is InChI=1S/C15H26N2O3S/c1-11-10-21-14(17-11)15(2,3)16-8-12(18)9-20-13-4-6-19-7-5-13/h10,12-13,16,18H,4-9H2,1-3H3. The molecule has 2 rings (SSSR count). The maximum absolute atomic E-state index is 10.1. The molecular weight excluding hydrogens is 288 g/mol. The molecule has 1 aromatic heterocycles. The van der Waals surface area contributed by atoms with Crippen molar-refractivity contribution in [2.75, 3.05) is 26.4 Å². The Kier molecular flexibility index (Phi) is 6.13. The number of rotatable bonds is 7. The molecule has 0 radical (unpaired) electrons. The van der Waals surface area contributed by atoms with E-state index in [2.05, 4.69) is 24.1 Å². The van der Waals surface area contributed by atoms with Crippen LogP contribution in [0.2, 0.25) is 0 Å². The Bertz CT molecular complexity index is 430. The van der Waals surface area contributed by atoms with Gasteiger partial charge in [0.05, 0.1) is 24.4 Å². The molecule has 0 saturated carbocycles. The zero-order valence-corrected chi connectivity index (χ0v) is 13.9. The summed E-state index contributed by atoms with van der Waals surface area (Å²) >= 11 is 1.64. The molecule has 6 heteroatoms. The van der Waals surface area contributed by atoms with Crippen LogP contribution in [0.5, 0.6) is 0 Å². The minimum Gasteiger partial charge on any atom is -0.389 e. The number of ether oxygens (including phenoxy) is 2. The summed E-state index contributed by atoms with van der Waals surface area (Å²) in [6, 6.07) is 0. The molecule has 1 atom stereocenters. The van der Waals surface area contributed by atoms with Gasteiger partial charge >= 0.3 is 0 Å². The van der Waals surface area contributed by atoms with Crippen molar-refractivity contribution >= 4 is 11.3 Å². The minimum absolute atomic E-state index is 0.225. The maximum Gasteiger partial charge on any atom is 0.112 e. The second kappa shape index (κ2) is 7.65. The highest BCUT2D eigenvalue weighted by atomic mass is 32.1. The lowest BCUT2D eigenvalue weighted by Crippen LogP contribution is -2.42. The molecule has 2 heterocycles. The molecule has 1 aromatic rings. The third kappa shape index (κ3) is 5.30. The summed E-state index contributed by atoms with van der Waals surface area (Å²) in [5.41, 5.74) is 0.798. The Labute approximate surface area is 130 Å². The van der Waals surface area contributed by atoms with Crippen LogP contribution in [0.1, 0.15) is 37.4 Å². The van der Waals surface area contributed by atoms with E-state index in [0.717, 1.165) is 36.8 Å². The molecule has 1 saturated heterocycles. The smallest absolute Gasteiger partial charge is 0.112 e. The van der Waals surface area contributed by atoms with Crippen LogP contribution in [0, 0.1) is 6.92 Å². The molecule has 1 aliphatic heterocycles. The second-order valence-corrected chi connectivity index (χ2v) is 6.96. The monoisotopic (exact) mass is 314 g/mol. The van der Waals surface area contributed by atoms with Crippen LogP contribution in [0.3, 0.4) is 0 Å². The summed E-state index contributed by atoms with van der Waals surface area (Å²) in [5, 5.41) is 16.5. The molecule has 0 aliphatic carbocycles. The highest BCUT2D eigenvalue weighted by Crippen LogP contribution is 2.23. The van der Waals surface area contributed by atoms with E-state index in [9.17, 15) is 5.11 Å². The molecule has 1 unspecified atom stereocenters. The van der Waals surface area contributed by atoms with E-state index in [4.69, 9.17) is 9.47 Å². The predicted molar refractivity (Wildman–Crippen MR) is 83.7 cm³/mol. The van der Waals surface area contributed by atoms with E-state index in [-0.39, 0.29) is 11.6 Å². The Balaban J connectivity index is 1.71. The summed E-state index contributed by atoms with van der Waals surface area (Å²) in [7, 11) is 0. The summed E-state index contributed by atoms with van der Waals surface area (Å²) in [4.78, 5) is 4.51. The van der Waals surface area contributed by atoms with Crippen molar-refractivity contribution in [3.05, 3.63) is 16.1 Å². The molecule has 21 heavy (non-hydrogen) atoms. The topological polar surface area (TPSA) is 63.6 Å². The normalized spacial score (nSPS) is 18.9. The van der Waals surface area contributed by atoms with Gasteiger partial charge in [-0.2, -0.15) is 0 Å². The van der Waals surface area contributed by atoms with Crippen LogP contribution in [-0.4, -0.2) is 48.7 Å². The van der Waals surface area contributed by atoms with Crippen molar-refractivity contribution in [2.45, 2.75) is 51.4 Å². The van der Waals surface area contributed by atoms with Crippen molar-refractivity contribution in [3.8, 4) is 0 Å². The number of nitrogens with zero attached hydrogens (tertiary/aromatic N) is 1. The fourth-order valence-electron chi connectivity index (χ4n) is 2.24. The third-order valence-corrected chi connectivity index (χ3v) is 4.91. The molecule has 1 fully saturated rings. The number of aliphatic hydroxyl groups is 1. The lowest BCUT2D eigenvalue weighted by Gasteiger charge is -2.27. The number of thiazole rings is 1. The van der Waals surface area contributed by atoms with Gasteiger partial charge in [-0.1, -0.05) is 0 Å². The molecule has 0 amide bonds. The zero-order chi connectivity index (χ0) is 15.3. The minimum atomic E-state index is -0.506. The SMILES string of the molecule is Cc1csc(C(C)(C)NCC(O)COC2CCOCC2)n1. The van der Waals surface area contributed by atoms with E-state index in [1.807, 2.05) is 12.3 Å².